The van der Waals surface area contributed by atoms with Crippen LogP contribution in [0.4, 0.5) is 0 Å². The van der Waals surface area contributed by atoms with Crippen molar-refractivity contribution in [3.8, 4) is 5.88 Å². The van der Waals surface area contributed by atoms with Gasteiger partial charge >= 0.3 is 0 Å². The molecule has 1 aliphatic rings. The van der Waals surface area contributed by atoms with Gasteiger partial charge < -0.3 is 19.4 Å². The SMILES string of the molecule is C=CCC[C@@H](CN(C)C)Oc1cncc(C(=O)N2CCN(C)CC2)n1. The van der Waals surface area contributed by atoms with Gasteiger partial charge in [0.05, 0.1) is 12.4 Å². The summed E-state index contributed by atoms with van der Waals surface area (Å²) in [7, 11) is 6.07. The number of likely N-dealkylation sites (N-methyl/N-ethyl adjacent to an activating group) is 2. The average molecular weight is 347 g/mol. The van der Waals surface area contributed by atoms with E-state index in [0.717, 1.165) is 32.5 Å². The van der Waals surface area contributed by atoms with Gasteiger partial charge in [0, 0.05) is 32.7 Å². The highest BCUT2D eigenvalue weighted by molar-refractivity contribution is 5.92. The second-order valence-electron chi connectivity index (χ2n) is 6.71. The molecule has 2 heterocycles. The van der Waals surface area contributed by atoms with Crippen molar-refractivity contribution in [2.75, 3.05) is 53.9 Å². The maximum Gasteiger partial charge on any atom is 0.274 e. The monoisotopic (exact) mass is 347 g/mol. The van der Waals surface area contributed by atoms with Crippen molar-refractivity contribution in [2.24, 2.45) is 0 Å². The van der Waals surface area contributed by atoms with Crippen LogP contribution >= 0.6 is 0 Å². The molecule has 25 heavy (non-hydrogen) atoms. The van der Waals surface area contributed by atoms with Gasteiger partial charge in [-0.2, -0.15) is 0 Å². The first-order chi connectivity index (χ1) is 12.0. The fourth-order valence-electron chi connectivity index (χ4n) is 2.75. The zero-order valence-corrected chi connectivity index (χ0v) is 15.5. The number of nitrogens with zero attached hydrogens (tertiary/aromatic N) is 5. The molecule has 1 atom stereocenters. The third-order valence-electron chi connectivity index (χ3n) is 4.17. The molecular formula is C18H29N5O2. The lowest BCUT2D eigenvalue weighted by atomic mass is 10.2. The fraction of sp³-hybridized carbons (Fsp3) is 0.611. The summed E-state index contributed by atoms with van der Waals surface area (Å²) in [5.74, 6) is 0.317. The van der Waals surface area contributed by atoms with Crippen LogP contribution in [0.5, 0.6) is 5.88 Å². The lowest BCUT2D eigenvalue weighted by Crippen LogP contribution is -2.47. The second-order valence-corrected chi connectivity index (χ2v) is 6.71. The first-order valence-electron chi connectivity index (χ1n) is 8.71. The minimum atomic E-state index is -0.0821. The van der Waals surface area contributed by atoms with Crippen LogP contribution in [0.3, 0.4) is 0 Å². The van der Waals surface area contributed by atoms with Gasteiger partial charge in [-0.3, -0.25) is 9.78 Å². The van der Waals surface area contributed by atoms with Crippen LogP contribution in [0.2, 0.25) is 0 Å². The summed E-state index contributed by atoms with van der Waals surface area (Å²) in [5.41, 5.74) is 0.342. The number of carbonyl (C=O) groups excluding carboxylic acids is 1. The minimum absolute atomic E-state index is 0.0173. The standard InChI is InChI=1S/C18H29N5O2/c1-5-6-7-15(14-21(2)3)25-17-13-19-12-16(20-17)18(24)23-10-8-22(4)9-11-23/h5,12-13,15H,1,6-11,14H2,2-4H3/t15-/m0/s1. The molecule has 1 aliphatic heterocycles. The van der Waals surface area contributed by atoms with E-state index in [1.54, 1.807) is 6.20 Å². The Hall–Kier alpha value is -1.99. The molecule has 138 valence electrons. The number of carbonyl (C=O) groups is 1. The Morgan fingerprint density at radius 1 is 1.36 bits per heavy atom. The Labute approximate surface area is 150 Å². The van der Waals surface area contributed by atoms with Gasteiger partial charge in [0.1, 0.15) is 6.10 Å². The number of ether oxygens (including phenoxy) is 1. The second kappa shape index (κ2) is 9.48. The smallest absolute Gasteiger partial charge is 0.274 e. The highest BCUT2D eigenvalue weighted by Crippen LogP contribution is 2.13. The number of hydrogen-bond acceptors (Lipinski definition) is 6. The Kier molecular flexibility index (Phi) is 7.33. The minimum Gasteiger partial charge on any atom is -0.472 e. The predicted octanol–water partition coefficient (Wildman–Crippen LogP) is 1.14. The van der Waals surface area contributed by atoms with E-state index in [9.17, 15) is 4.79 Å². The lowest BCUT2D eigenvalue weighted by Gasteiger charge is -2.32. The number of hydrogen-bond donors (Lipinski definition) is 0. The summed E-state index contributed by atoms with van der Waals surface area (Å²) in [5, 5.41) is 0. The van der Waals surface area contributed by atoms with Gasteiger partial charge in [0.2, 0.25) is 5.88 Å². The van der Waals surface area contributed by atoms with Crippen molar-refractivity contribution < 1.29 is 9.53 Å². The lowest BCUT2D eigenvalue weighted by molar-refractivity contribution is 0.0654. The van der Waals surface area contributed by atoms with E-state index in [-0.39, 0.29) is 12.0 Å². The maximum absolute atomic E-state index is 12.6. The Balaban J connectivity index is 2.03. The van der Waals surface area contributed by atoms with Crippen molar-refractivity contribution in [3.05, 3.63) is 30.7 Å². The zero-order chi connectivity index (χ0) is 18.2. The number of allylic oxidation sites excluding steroid dienone is 1. The van der Waals surface area contributed by atoms with Crippen LogP contribution in [-0.4, -0.2) is 90.5 Å². The number of amides is 1. The topological polar surface area (TPSA) is 61.8 Å². The summed E-state index contributed by atoms with van der Waals surface area (Å²) in [4.78, 5) is 27.3. The maximum atomic E-state index is 12.6. The summed E-state index contributed by atoms with van der Waals surface area (Å²) in [6.45, 7) is 7.71. The number of rotatable bonds is 8. The summed E-state index contributed by atoms with van der Waals surface area (Å²) < 4.78 is 5.98. The van der Waals surface area contributed by atoms with E-state index < -0.39 is 0 Å². The molecule has 0 bridgehead atoms. The molecule has 7 nitrogen and oxygen atoms in total. The van der Waals surface area contributed by atoms with Gasteiger partial charge in [0.25, 0.3) is 5.91 Å². The van der Waals surface area contributed by atoms with Crippen LogP contribution in [0.1, 0.15) is 23.3 Å². The van der Waals surface area contributed by atoms with E-state index in [1.165, 1.54) is 6.20 Å². The Morgan fingerprint density at radius 3 is 2.72 bits per heavy atom. The van der Waals surface area contributed by atoms with E-state index in [1.807, 2.05) is 25.1 Å². The zero-order valence-electron chi connectivity index (χ0n) is 15.5. The van der Waals surface area contributed by atoms with Crippen molar-refractivity contribution in [1.82, 2.24) is 24.7 Å². The van der Waals surface area contributed by atoms with Crippen LogP contribution < -0.4 is 4.74 Å². The molecule has 7 heteroatoms. The quantitative estimate of drug-likeness (QED) is 0.657. The molecule has 0 unspecified atom stereocenters. The number of piperazine rings is 1. The summed E-state index contributed by atoms with van der Waals surface area (Å²) in [6.07, 6.45) is 6.66. The molecule has 0 N–H and O–H groups in total. The molecule has 0 aromatic carbocycles. The molecule has 1 amide bonds. The van der Waals surface area contributed by atoms with Crippen LogP contribution in [0, 0.1) is 0 Å². The van der Waals surface area contributed by atoms with E-state index >= 15 is 0 Å². The van der Waals surface area contributed by atoms with Crippen molar-refractivity contribution in [3.63, 3.8) is 0 Å². The third-order valence-corrected chi connectivity index (χ3v) is 4.17. The van der Waals surface area contributed by atoms with Gasteiger partial charge in [-0.1, -0.05) is 6.08 Å². The molecule has 1 aromatic rings. The van der Waals surface area contributed by atoms with Crippen LogP contribution in [0.15, 0.2) is 25.0 Å². The Bertz CT molecular complexity index is 570. The van der Waals surface area contributed by atoms with E-state index in [2.05, 4.69) is 33.4 Å². The highest BCUT2D eigenvalue weighted by atomic mass is 16.5. The van der Waals surface area contributed by atoms with Gasteiger partial charge in [0.15, 0.2) is 5.69 Å². The largest absolute Gasteiger partial charge is 0.472 e. The summed E-state index contributed by atoms with van der Waals surface area (Å²) in [6, 6.07) is 0. The van der Waals surface area contributed by atoms with Crippen molar-refractivity contribution >= 4 is 5.91 Å². The van der Waals surface area contributed by atoms with Crippen molar-refractivity contribution in [1.29, 1.82) is 0 Å². The van der Waals surface area contributed by atoms with Crippen LogP contribution in [0.25, 0.3) is 0 Å². The third kappa shape index (κ3) is 6.10. The van der Waals surface area contributed by atoms with Crippen molar-refractivity contribution in [2.45, 2.75) is 18.9 Å². The van der Waals surface area contributed by atoms with E-state index in [0.29, 0.717) is 24.7 Å². The first kappa shape index (κ1) is 19.3. The van der Waals surface area contributed by atoms with Gasteiger partial charge in [-0.05, 0) is 34.0 Å². The molecule has 0 aliphatic carbocycles. The highest BCUT2D eigenvalue weighted by Gasteiger charge is 2.22. The molecular weight excluding hydrogens is 318 g/mol. The molecule has 0 spiro atoms. The van der Waals surface area contributed by atoms with Gasteiger partial charge in [-0.25, -0.2) is 4.98 Å². The normalized spacial score (nSPS) is 16.7. The van der Waals surface area contributed by atoms with Gasteiger partial charge in [-0.15, -0.1) is 6.58 Å². The molecule has 1 saturated heterocycles. The fourth-order valence-corrected chi connectivity index (χ4v) is 2.75. The van der Waals surface area contributed by atoms with E-state index in [4.69, 9.17) is 4.74 Å². The first-order valence-corrected chi connectivity index (χ1v) is 8.71. The average Bonchev–Trinajstić information content (AvgIpc) is 2.59. The molecule has 0 radical (unpaired) electrons. The number of aromatic nitrogens is 2. The Morgan fingerprint density at radius 2 is 2.08 bits per heavy atom. The molecule has 1 fully saturated rings. The molecule has 1 aromatic heterocycles. The molecule has 2 rings (SSSR count). The predicted molar refractivity (Wildman–Crippen MR) is 97.8 cm³/mol. The summed E-state index contributed by atoms with van der Waals surface area (Å²) >= 11 is 0. The van der Waals surface area contributed by atoms with Crippen LogP contribution in [-0.2, 0) is 0 Å². The molecule has 0 saturated carbocycles.